The Morgan fingerprint density at radius 3 is 3.05 bits per heavy atom. The second-order valence-electron chi connectivity index (χ2n) is 5.66. The standard InChI is InChI=1S/C16H23NO3/c1-3-6-17-7-8-20-16-12-10-14(18)15(19-2)9-11(12)4-5-13(16)17/h9-10,13,16,18H,3-8H2,1-2H3/t13-,16-/m1/s1. The Balaban J connectivity index is 1.93. The van der Waals surface area contributed by atoms with Crippen LogP contribution in [0.3, 0.4) is 0 Å². The van der Waals surface area contributed by atoms with Crippen molar-refractivity contribution in [2.24, 2.45) is 0 Å². The van der Waals surface area contributed by atoms with E-state index in [1.807, 2.05) is 12.1 Å². The van der Waals surface area contributed by atoms with Gasteiger partial charge in [0.05, 0.1) is 19.8 Å². The summed E-state index contributed by atoms with van der Waals surface area (Å²) in [4.78, 5) is 2.54. The molecule has 0 saturated carbocycles. The smallest absolute Gasteiger partial charge is 0.160 e. The van der Waals surface area contributed by atoms with Gasteiger partial charge in [0.1, 0.15) is 0 Å². The Morgan fingerprint density at radius 2 is 2.30 bits per heavy atom. The molecule has 4 nitrogen and oxygen atoms in total. The molecule has 0 radical (unpaired) electrons. The molecule has 4 heteroatoms. The van der Waals surface area contributed by atoms with E-state index in [0.29, 0.717) is 11.8 Å². The van der Waals surface area contributed by atoms with Crippen LogP contribution >= 0.6 is 0 Å². The fourth-order valence-electron chi connectivity index (χ4n) is 3.54. The van der Waals surface area contributed by atoms with Gasteiger partial charge in [0.2, 0.25) is 0 Å². The Hall–Kier alpha value is -1.26. The zero-order valence-corrected chi connectivity index (χ0v) is 12.3. The molecule has 2 atom stereocenters. The van der Waals surface area contributed by atoms with Crippen molar-refractivity contribution in [3.8, 4) is 11.5 Å². The molecule has 3 rings (SSSR count). The van der Waals surface area contributed by atoms with Gasteiger partial charge in [-0.2, -0.15) is 0 Å². The van der Waals surface area contributed by atoms with Crippen LogP contribution in [0.15, 0.2) is 12.1 Å². The maximum atomic E-state index is 10.0. The first-order valence-corrected chi connectivity index (χ1v) is 7.50. The van der Waals surface area contributed by atoms with Crippen LogP contribution in [0.1, 0.15) is 37.0 Å². The van der Waals surface area contributed by atoms with Gasteiger partial charge in [-0.05, 0) is 49.1 Å². The highest BCUT2D eigenvalue weighted by atomic mass is 16.5. The van der Waals surface area contributed by atoms with Gasteiger partial charge in [-0.3, -0.25) is 4.90 Å². The highest BCUT2D eigenvalue weighted by Gasteiger charge is 2.37. The van der Waals surface area contributed by atoms with Crippen LogP contribution in [0.5, 0.6) is 11.5 Å². The molecule has 1 aliphatic heterocycles. The van der Waals surface area contributed by atoms with Crippen LogP contribution < -0.4 is 4.74 Å². The predicted octanol–water partition coefficient (Wildman–Crippen LogP) is 2.50. The molecule has 0 amide bonds. The van der Waals surface area contributed by atoms with Gasteiger partial charge in [0.25, 0.3) is 0 Å². The number of hydrogen-bond acceptors (Lipinski definition) is 4. The van der Waals surface area contributed by atoms with Gasteiger partial charge < -0.3 is 14.6 Å². The zero-order chi connectivity index (χ0) is 14.1. The number of ether oxygens (including phenoxy) is 2. The zero-order valence-electron chi connectivity index (χ0n) is 12.3. The van der Waals surface area contributed by atoms with Crippen LogP contribution in [-0.2, 0) is 11.2 Å². The van der Waals surface area contributed by atoms with E-state index in [-0.39, 0.29) is 11.9 Å². The van der Waals surface area contributed by atoms with Crippen LogP contribution in [0, 0.1) is 0 Å². The van der Waals surface area contributed by atoms with Crippen molar-refractivity contribution in [2.75, 3.05) is 26.8 Å². The molecule has 1 aliphatic carbocycles. The van der Waals surface area contributed by atoms with Crippen LogP contribution in [0.2, 0.25) is 0 Å². The van der Waals surface area contributed by atoms with Gasteiger partial charge in [-0.1, -0.05) is 6.92 Å². The summed E-state index contributed by atoms with van der Waals surface area (Å²) in [6, 6.07) is 4.24. The van der Waals surface area contributed by atoms with Crippen LogP contribution in [0.4, 0.5) is 0 Å². The summed E-state index contributed by atoms with van der Waals surface area (Å²) in [7, 11) is 1.59. The molecule has 1 aromatic rings. The molecule has 1 saturated heterocycles. The third-order valence-corrected chi connectivity index (χ3v) is 4.46. The highest BCUT2D eigenvalue weighted by Crippen LogP contribution is 2.42. The molecule has 2 aliphatic rings. The lowest BCUT2D eigenvalue weighted by atomic mass is 9.83. The first-order chi connectivity index (χ1) is 9.74. The summed E-state index contributed by atoms with van der Waals surface area (Å²) in [6.07, 6.45) is 3.41. The van der Waals surface area contributed by atoms with Crippen molar-refractivity contribution < 1.29 is 14.6 Å². The average molecular weight is 277 g/mol. The van der Waals surface area contributed by atoms with Crippen molar-refractivity contribution in [1.82, 2.24) is 4.90 Å². The summed E-state index contributed by atoms with van der Waals surface area (Å²) in [5.41, 5.74) is 2.39. The number of aromatic hydroxyl groups is 1. The summed E-state index contributed by atoms with van der Waals surface area (Å²) >= 11 is 0. The van der Waals surface area contributed by atoms with Crippen LogP contribution in [-0.4, -0.2) is 42.9 Å². The quantitative estimate of drug-likeness (QED) is 0.921. The monoisotopic (exact) mass is 277 g/mol. The van der Waals surface area contributed by atoms with Gasteiger partial charge >= 0.3 is 0 Å². The van der Waals surface area contributed by atoms with Crippen molar-refractivity contribution >= 4 is 0 Å². The SMILES string of the molecule is CCCN1CCO[C@@H]2c3cc(O)c(OC)cc3CC[C@H]21. The number of phenols is 1. The first-order valence-electron chi connectivity index (χ1n) is 7.50. The molecular formula is C16H23NO3. The number of fused-ring (bicyclic) bond motifs is 3. The summed E-state index contributed by atoms with van der Waals surface area (Å²) in [6.45, 7) is 5.14. The number of morpholine rings is 1. The Bertz CT molecular complexity index is 487. The van der Waals surface area contributed by atoms with E-state index in [0.717, 1.165) is 38.1 Å². The third kappa shape index (κ3) is 2.27. The molecule has 1 heterocycles. The largest absolute Gasteiger partial charge is 0.504 e. The lowest BCUT2D eigenvalue weighted by Gasteiger charge is -2.44. The molecule has 0 aromatic heterocycles. The maximum Gasteiger partial charge on any atom is 0.160 e. The molecule has 0 spiro atoms. The number of nitrogens with zero attached hydrogens (tertiary/aromatic N) is 1. The highest BCUT2D eigenvalue weighted by molar-refractivity contribution is 5.48. The van der Waals surface area contributed by atoms with Gasteiger partial charge in [-0.15, -0.1) is 0 Å². The molecule has 0 unspecified atom stereocenters. The predicted molar refractivity (Wildman–Crippen MR) is 77.3 cm³/mol. The number of rotatable bonds is 3. The lowest BCUT2D eigenvalue weighted by molar-refractivity contribution is -0.0802. The topological polar surface area (TPSA) is 41.9 Å². The minimum atomic E-state index is 0.0934. The Kier molecular flexibility index (Phi) is 3.85. The average Bonchev–Trinajstić information content (AvgIpc) is 2.47. The second-order valence-corrected chi connectivity index (χ2v) is 5.66. The second kappa shape index (κ2) is 5.62. The third-order valence-electron chi connectivity index (χ3n) is 4.46. The van der Waals surface area contributed by atoms with E-state index in [1.54, 1.807) is 7.11 Å². The van der Waals surface area contributed by atoms with Crippen molar-refractivity contribution in [2.45, 2.75) is 38.3 Å². The first kappa shape index (κ1) is 13.7. The van der Waals surface area contributed by atoms with Crippen molar-refractivity contribution in [1.29, 1.82) is 0 Å². The van der Waals surface area contributed by atoms with Gasteiger partial charge in [-0.25, -0.2) is 0 Å². The van der Waals surface area contributed by atoms with Crippen molar-refractivity contribution in [3.63, 3.8) is 0 Å². The molecular weight excluding hydrogens is 254 g/mol. The molecule has 1 fully saturated rings. The van der Waals surface area contributed by atoms with E-state index in [9.17, 15) is 5.11 Å². The Morgan fingerprint density at radius 1 is 1.45 bits per heavy atom. The molecule has 0 bridgehead atoms. The molecule has 20 heavy (non-hydrogen) atoms. The number of phenolic OH excluding ortho intramolecular Hbond substituents is 1. The van der Waals surface area contributed by atoms with Crippen molar-refractivity contribution in [3.05, 3.63) is 23.3 Å². The van der Waals surface area contributed by atoms with E-state index in [2.05, 4.69) is 11.8 Å². The number of methoxy groups -OCH3 is 1. The fourth-order valence-corrected chi connectivity index (χ4v) is 3.54. The minimum absolute atomic E-state index is 0.0934. The van der Waals surface area contributed by atoms with Gasteiger partial charge in [0, 0.05) is 12.6 Å². The number of aryl methyl sites for hydroxylation is 1. The van der Waals surface area contributed by atoms with E-state index in [4.69, 9.17) is 9.47 Å². The molecule has 110 valence electrons. The number of benzene rings is 1. The van der Waals surface area contributed by atoms with E-state index in [1.165, 1.54) is 12.0 Å². The number of hydrogen-bond donors (Lipinski definition) is 1. The van der Waals surface area contributed by atoms with E-state index >= 15 is 0 Å². The maximum absolute atomic E-state index is 10.0. The lowest BCUT2D eigenvalue weighted by Crippen LogP contribution is -2.49. The van der Waals surface area contributed by atoms with Gasteiger partial charge in [0.15, 0.2) is 11.5 Å². The molecule has 1 N–H and O–H groups in total. The fraction of sp³-hybridized carbons (Fsp3) is 0.625. The summed E-state index contributed by atoms with van der Waals surface area (Å²) in [5.74, 6) is 0.770. The van der Waals surface area contributed by atoms with Crippen LogP contribution in [0.25, 0.3) is 0 Å². The molecule has 1 aromatic carbocycles. The minimum Gasteiger partial charge on any atom is -0.504 e. The Labute approximate surface area is 120 Å². The normalized spacial score (nSPS) is 25.9. The van der Waals surface area contributed by atoms with E-state index < -0.39 is 0 Å². The summed E-state index contributed by atoms with van der Waals surface area (Å²) < 4.78 is 11.2. The summed E-state index contributed by atoms with van der Waals surface area (Å²) in [5, 5.41) is 10.0.